The van der Waals surface area contributed by atoms with E-state index in [2.05, 4.69) is 114 Å². The monoisotopic (exact) mass is 556 g/mol. The molecular weight excluding hydrogens is 504 g/mol. The van der Waals surface area contributed by atoms with Gasteiger partial charge < -0.3 is 0 Å². The van der Waals surface area contributed by atoms with Crippen LogP contribution in [0.4, 0.5) is 0 Å². The van der Waals surface area contributed by atoms with Gasteiger partial charge in [0.25, 0.3) is 0 Å². The lowest BCUT2D eigenvalue weighted by Gasteiger charge is -2.62. The fourth-order valence-corrected chi connectivity index (χ4v) is 9.67. The van der Waals surface area contributed by atoms with E-state index in [4.69, 9.17) is 13.2 Å². The van der Waals surface area contributed by atoms with Crippen LogP contribution in [0.15, 0.2) is 65.3 Å². The summed E-state index contributed by atoms with van der Waals surface area (Å²) in [6.45, 7) is 41.9. The molecule has 0 fully saturated rings. The van der Waals surface area contributed by atoms with Crippen molar-refractivity contribution in [1.29, 1.82) is 0 Å². The summed E-state index contributed by atoms with van der Waals surface area (Å²) < 4.78 is 0. The highest BCUT2D eigenvalue weighted by atomic mass is 14.6. The first-order valence-corrected chi connectivity index (χ1v) is 15.8. The van der Waals surface area contributed by atoms with E-state index < -0.39 is 0 Å². The van der Waals surface area contributed by atoms with Gasteiger partial charge in [0.2, 0.25) is 0 Å². The molecule has 0 heteroatoms. The number of aryl methyl sites for hydroxylation is 1. The van der Waals surface area contributed by atoms with Crippen LogP contribution in [0.1, 0.15) is 110 Å². The van der Waals surface area contributed by atoms with Crippen molar-refractivity contribution >= 4 is 17.7 Å². The molecule has 5 rings (SSSR count). The molecule has 0 bridgehead atoms. The van der Waals surface area contributed by atoms with E-state index in [-0.39, 0.29) is 16.2 Å². The summed E-state index contributed by atoms with van der Waals surface area (Å²) in [6, 6.07) is 4.64. The second-order valence-corrected chi connectivity index (χ2v) is 14.9. The zero-order chi connectivity index (χ0) is 31.3. The Bertz CT molecular complexity index is 1680. The molecule has 0 aliphatic heterocycles. The van der Waals surface area contributed by atoms with E-state index in [1.54, 1.807) is 0 Å². The van der Waals surface area contributed by atoms with Crippen LogP contribution in [-0.4, -0.2) is 0 Å². The summed E-state index contributed by atoms with van der Waals surface area (Å²) in [4.78, 5) is 0. The molecule has 0 unspecified atom stereocenters. The number of fused-ring (bicyclic) bond motifs is 3. The Balaban J connectivity index is 1.70. The Morgan fingerprint density at radius 1 is 0.786 bits per heavy atom. The van der Waals surface area contributed by atoms with E-state index in [0.717, 1.165) is 24.8 Å². The van der Waals surface area contributed by atoms with Crippen LogP contribution in [0.5, 0.6) is 0 Å². The van der Waals surface area contributed by atoms with Gasteiger partial charge >= 0.3 is 0 Å². The van der Waals surface area contributed by atoms with E-state index in [1.165, 1.54) is 89.1 Å². The van der Waals surface area contributed by atoms with Crippen LogP contribution in [-0.2, 0) is 6.42 Å². The van der Waals surface area contributed by atoms with Crippen molar-refractivity contribution in [3.05, 3.63) is 121 Å². The van der Waals surface area contributed by atoms with Gasteiger partial charge in [-0.1, -0.05) is 81.5 Å². The molecule has 0 heterocycles. The molecule has 220 valence electrons. The van der Waals surface area contributed by atoms with Gasteiger partial charge in [0, 0.05) is 5.41 Å². The predicted octanol–water partition coefficient (Wildman–Crippen LogP) is 11.9. The third-order valence-corrected chi connectivity index (χ3v) is 12.3. The highest BCUT2D eigenvalue weighted by molar-refractivity contribution is 5.89. The standard InChI is InChI=1S/C42H52/c1-23(2)37-25(4)20-41(14)22-40(13)21-36-34(18-19-35-29(8)27(6)26(5)28(7)30(35)9)17-16-24(3)38(36)31(10)39(40)33(12)42(41,15)32(37)11/h16-19H,1,10-11,20-22H2,2-9,12-15H3/b19-18+/t40-,41+,42-/m1/s1. The quantitative estimate of drug-likeness (QED) is 0.330. The minimum absolute atomic E-state index is 0.0168. The third-order valence-electron chi connectivity index (χ3n) is 12.3. The molecule has 0 nitrogen and oxygen atoms in total. The zero-order valence-corrected chi connectivity index (χ0v) is 28.6. The fraction of sp³-hybridized carbons (Fsp3) is 0.429. The van der Waals surface area contributed by atoms with Gasteiger partial charge in [0.15, 0.2) is 0 Å². The van der Waals surface area contributed by atoms with Crippen molar-refractivity contribution in [2.75, 3.05) is 0 Å². The van der Waals surface area contributed by atoms with Crippen molar-refractivity contribution in [1.82, 2.24) is 0 Å². The Morgan fingerprint density at radius 3 is 1.93 bits per heavy atom. The Hall–Kier alpha value is -3.12. The van der Waals surface area contributed by atoms with Gasteiger partial charge in [0.05, 0.1) is 0 Å². The summed E-state index contributed by atoms with van der Waals surface area (Å²) in [5.41, 5.74) is 23.1. The van der Waals surface area contributed by atoms with Crippen molar-refractivity contribution in [3.63, 3.8) is 0 Å². The van der Waals surface area contributed by atoms with Gasteiger partial charge in [-0.3, -0.25) is 0 Å². The minimum Gasteiger partial charge on any atom is -0.0955 e. The first-order valence-electron chi connectivity index (χ1n) is 15.8. The molecule has 0 aromatic heterocycles. The van der Waals surface area contributed by atoms with Crippen molar-refractivity contribution in [2.45, 2.75) is 102 Å². The van der Waals surface area contributed by atoms with Gasteiger partial charge in [-0.15, -0.1) is 0 Å². The summed E-state index contributed by atoms with van der Waals surface area (Å²) in [5, 5.41) is 0. The Kier molecular flexibility index (Phi) is 7.01. The van der Waals surface area contributed by atoms with Crippen LogP contribution >= 0.6 is 0 Å². The normalized spacial score (nSPS) is 27.4. The zero-order valence-electron chi connectivity index (χ0n) is 28.6. The molecule has 0 amide bonds. The predicted molar refractivity (Wildman–Crippen MR) is 186 cm³/mol. The van der Waals surface area contributed by atoms with Gasteiger partial charge in [0.1, 0.15) is 0 Å². The topological polar surface area (TPSA) is 0 Å². The molecule has 2 aromatic rings. The first-order chi connectivity index (χ1) is 19.4. The van der Waals surface area contributed by atoms with Crippen LogP contribution in [0.25, 0.3) is 17.7 Å². The van der Waals surface area contributed by atoms with Crippen molar-refractivity contribution in [3.8, 4) is 0 Å². The highest BCUT2D eigenvalue weighted by Crippen LogP contribution is 2.70. The largest absolute Gasteiger partial charge is 0.0955 e. The number of allylic oxidation sites excluding steroid dienone is 7. The average Bonchev–Trinajstić information content (AvgIpc) is 2.89. The lowest BCUT2D eigenvalue weighted by Crippen LogP contribution is -2.52. The third kappa shape index (κ3) is 3.93. The molecular formula is C42H52. The molecule has 2 aromatic carbocycles. The maximum Gasteiger partial charge on any atom is 0.0194 e. The van der Waals surface area contributed by atoms with Crippen molar-refractivity contribution in [2.24, 2.45) is 16.2 Å². The van der Waals surface area contributed by atoms with E-state index >= 15 is 0 Å². The summed E-state index contributed by atoms with van der Waals surface area (Å²) in [5.74, 6) is 0. The van der Waals surface area contributed by atoms with E-state index in [0.29, 0.717) is 0 Å². The van der Waals surface area contributed by atoms with Gasteiger partial charge in [-0.05, 0) is 170 Å². The van der Waals surface area contributed by atoms with E-state index in [9.17, 15) is 0 Å². The van der Waals surface area contributed by atoms with Crippen molar-refractivity contribution < 1.29 is 0 Å². The smallest absolute Gasteiger partial charge is 0.0194 e. The fourth-order valence-electron chi connectivity index (χ4n) is 9.67. The molecule has 0 N–H and O–H groups in total. The SMILES string of the molecule is C=C(C)C1=C(C)C[C@@]2(C)C[C@@]3(C)Cc4c(/C=C/c5c(C)c(C)c(C)c(C)c5C)ccc(C)c4C(=C)C3=C(C)[C@@]2(C)C1=C. The second-order valence-electron chi connectivity index (χ2n) is 14.9. The molecule has 0 spiro atoms. The molecule has 42 heavy (non-hydrogen) atoms. The number of hydrogen-bond donors (Lipinski definition) is 0. The van der Waals surface area contributed by atoms with E-state index in [1.807, 2.05) is 0 Å². The molecule has 3 atom stereocenters. The Morgan fingerprint density at radius 2 is 1.36 bits per heavy atom. The number of hydrogen-bond acceptors (Lipinski definition) is 0. The highest BCUT2D eigenvalue weighted by Gasteiger charge is 2.59. The van der Waals surface area contributed by atoms with Gasteiger partial charge in [-0.25, -0.2) is 0 Å². The van der Waals surface area contributed by atoms with Crippen LogP contribution in [0.3, 0.4) is 0 Å². The lowest BCUT2D eigenvalue weighted by atomic mass is 9.41. The first kappa shape index (κ1) is 30.3. The minimum atomic E-state index is -0.127. The molecule has 0 saturated carbocycles. The molecule has 0 saturated heterocycles. The lowest BCUT2D eigenvalue weighted by molar-refractivity contribution is 0.0544. The number of benzene rings is 2. The second kappa shape index (κ2) is 9.70. The van der Waals surface area contributed by atoms with Crippen LogP contribution < -0.4 is 0 Å². The summed E-state index contributed by atoms with van der Waals surface area (Å²) in [7, 11) is 0. The number of rotatable bonds is 3. The molecule has 0 radical (unpaired) electrons. The molecule has 3 aliphatic carbocycles. The molecule has 3 aliphatic rings. The maximum absolute atomic E-state index is 4.86. The Labute approximate surface area is 256 Å². The summed E-state index contributed by atoms with van der Waals surface area (Å²) >= 11 is 0. The van der Waals surface area contributed by atoms with Gasteiger partial charge in [-0.2, -0.15) is 0 Å². The summed E-state index contributed by atoms with van der Waals surface area (Å²) in [6.07, 6.45) is 7.98. The van der Waals surface area contributed by atoms with Crippen LogP contribution in [0.2, 0.25) is 0 Å². The van der Waals surface area contributed by atoms with Crippen LogP contribution in [0, 0.1) is 57.8 Å². The average molecular weight is 557 g/mol. The maximum atomic E-state index is 4.86.